The Morgan fingerprint density at radius 1 is 1.21 bits per heavy atom. The lowest BCUT2D eigenvalue weighted by molar-refractivity contribution is -0.121. The molecule has 0 spiro atoms. The van der Waals surface area contributed by atoms with Crippen LogP contribution in [0, 0.1) is 6.92 Å². The number of fused-ring (bicyclic) bond motifs is 1. The molecule has 2 aromatic rings. The first-order valence-electron chi connectivity index (χ1n) is 9.39. The minimum Gasteiger partial charge on any atom is -0.496 e. The molecule has 1 aliphatic rings. The van der Waals surface area contributed by atoms with Crippen molar-refractivity contribution in [1.29, 1.82) is 0 Å². The highest BCUT2D eigenvalue weighted by molar-refractivity contribution is 7.90. The van der Waals surface area contributed by atoms with Gasteiger partial charge in [0.05, 0.1) is 18.7 Å². The standard InChI is InChI=1S/C21H24N2O5S/c1-4-17(15-9-10-18(28-3)14(2)13-15)22-20(24)11-12-23-21(25)16-7-5-6-8-19(16)29(23,26)27/h5-10,13,17H,4,11-12H2,1-3H3,(H,22,24). The topological polar surface area (TPSA) is 92.8 Å². The van der Waals surface area contributed by atoms with E-state index in [1.54, 1.807) is 19.2 Å². The average Bonchev–Trinajstić information content (AvgIpc) is 2.90. The van der Waals surface area contributed by atoms with Gasteiger partial charge in [0.15, 0.2) is 0 Å². The lowest BCUT2D eigenvalue weighted by atomic mass is 10.0. The highest BCUT2D eigenvalue weighted by Gasteiger charge is 2.40. The molecule has 0 bridgehead atoms. The molecule has 1 unspecified atom stereocenters. The number of hydrogen-bond acceptors (Lipinski definition) is 5. The van der Waals surface area contributed by atoms with E-state index in [4.69, 9.17) is 4.74 Å². The maximum Gasteiger partial charge on any atom is 0.269 e. The molecule has 154 valence electrons. The Bertz CT molecular complexity index is 1050. The Hall–Kier alpha value is -2.87. The first-order valence-corrected chi connectivity index (χ1v) is 10.8. The van der Waals surface area contributed by atoms with Crippen LogP contribution in [-0.2, 0) is 14.8 Å². The van der Waals surface area contributed by atoms with Crippen LogP contribution in [0.3, 0.4) is 0 Å². The number of amides is 2. The van der Waals surface area contributed by atoms with Gasteiger partial charge in [-0.05, 0) is 42.7 Å². The summed E-state index contributed by atoms with van der Waals surface area (Å²) in [5, 5.41) is 2.92. The molecule has 0 aliphatic carbocycles. The predicted molar refractivity (Wildman–Crippen MR) is 108 cm³/mol. The molecule has 29 heavy (non-hydrogen) atoms. The van der Waals surface area contributed by atoms with Crippen molar-refractivity contribution in [2.24, 2.45) is 0 Å². The van der Waals surface area contributed by atoms with Gasteiger partial charge in [-0.25, -0.2) is 12.7 Å². The van der Waals surface area contributed by atoms with Gasteiger partial charge in [-0.1, -0.05) is 31.2 Å². The van der Waals surface area contributed by atoms with Crippen LogP contribution in [0.5, 0.6) is 5.75 Å². The van der Waals surface area contributed by atoms with E-state index in [0.29, 0.717) is 6.42 Å². The van der Waals surface area contributed by atoms with Crippen molar-refractivity contribution in [2.75, 3.05) is 13.7 Å². The fraction of sp³-hybridized carbons (Fsp3) is 0.333. The fourth-order valence-electron chi connectivity index (χ4n) is 3.46. The van der Waals surface area contributed by atoms with E-state index in [0.717, 1.165) is 21.2 Å². The molecule has 1 atom stereocenters. The number of aryl methyl sites for hydroxylation is 1. The van der Waals surface area contributed by atoms with Crippen LogP contribution in [-0.4, -0.2) is 38.2 Å². The third-order valence-electron chi connectivity index (χ3n) is 5.02. The lowest BCUT2D eigenvalue weighted by Crippen LogP contribution is -2.35. The summed E-state index contributed by atoms with van der Waals surface area (Å²) in [4.78, 5) is 24.9. The van der Waals surface area contributed by atoms with Crippen LogP contribution in [0.25, 0.3) is 0 Å². The maximum absolute atomic E-state index is 12.6. The predicted octanol–water partition coefficient (Wildman–Crippen LogP) is 2.81. The van der Waals surface area contributed by atoms with Gasteiger partial charge in [0.1, 0.15) is 10.6 Å². The Balaban J connectivity index is 1.67. The second-order valence-electron chi connectivity index (χ2n) is 6.89. The minimum atomic E-state index is -3.90. The van der Waals surface area contributed by atoms with Crippen molar-refractivity contribution in [3.63, 3.8) is 0 Å². The molecule has 0 saturated heterocycles. The molecular weight excluding hydrogens is 392 g/mol. The third kappa shape index (κ3) is 3.98. The molecule has 2 amide bonds. The number of rotatable bonds is 7. The number of hydrogen-bond donors (Lipinski definition) is 1. The number of carbonyl (C=O) groups is 2. The monoisotopic (exact) mass is 416 g/mol. The van der Waals surface area contributed by atoms with E-state index >= 15 is 0 Å². The van der Waals surface area contributed by atoms with Gasteiger partial charge < -0.3 is 10.1 Å². The number of ether oxygens (including phenoxy) is 1. The van der Waals surface area contributed by atoms with E-state index in [-0.39, 0.29) is 35.4 Å². The first kappa shape index (κ1) is 20.9. The quantitative estimate of drug-likeness (QED) is 0.749. The number of sulfonamides is 1. The molecule has 1 aliphatic heterocycles. The highest BCUT2D eigenvalue weighted by atomic mass is 32.2. The van der Waals surface area contributed by atoms with Crippen molar-refractivity contribution in [1.82, 2.24) is 9.62 Å². The van der Waals surface area contributed by atoms with Crippen LogP contribution in [0.15, 0.2) is 47.4 Å². The fourth-order valence-corrected chi connectivity index (χ4v) is 5.03. The molecule has 0 saturated carbocycles. The number of carbonyl (C=O) groups excluding carboxylic acids is 2. The summed E-state index contributed by atoms with van der Waals surface area (Å²) in [6.45, 7) is 3.69. The smallest absolute Gasteiger partial charge is 0.269 e. The molecule has 3 rings (SSSR count). The second kappa shape index (κ2) is 8.24. The third-order valence-corrected chi connectivity index (χ3v) is 6.86. The maximum atomic E-state index is 12.6. The normalized spacial score (nSPS) is 15.7. The second-order valence-corrected chi connectivity index (χ2v) is 8.72. The Kier molecular flexibility index (Phi) is 5.93. The van der Waals surface area contributed by atoms with Crippen molar-refractivity contribution in [3.05, 3.63) is 59.2 Å². The van der Waals surface area contributed by atoms with Gasteiger partial charge >= 0.3 is 0 Å². The van der Waals surface area contributed by atoms with E-state index in [2.05, 4.69) is 5.32 Å². The largest absolute Gasteiger partial charge is 0.496 e. The van der Waals surface area contributed by atoms with Gasteiger partial charge in [-0.3, -0.25) is 9.59 Å². The highest BCUT2D eigenvalue weighted by Crippen LogP contribution is 2.30. The minimum absolute atomic E-state index is 0.00875. The van der Waals surface area contributed by atoms with Crippen LogP contribution < -0.4 is 10.1 Å². The van der Waals surface area contributed by atoms with Crippen molar-refractivity contribution >= 4 is 21.8 Å². The van der Waals surface area contributed by atoms with Crippen LogP contribution >= 0.6 is 0 Å². The molecule has 2 aromatic carbocycles. The van der Waals surface area contributed by atoms with Crippen molar-refractivity contribution < 1.29 is 22.7 Å². The summed E-state index contributed by atoms with van der Waals surface area (Å²) in [5.41, 5.74) is 2.05. The number of nitrogens with one attached hydrogen (secondary N) is 1. The molecular formula is C21H24N2O5S. The summed E-state index contributed by atoms with van der Waals surface area (Å²) in [7, 11) is -2.30. The van der Waals surface area contributed by atoms with E-state index in [1.165, 1.54) is 12.1 Å². The van der Waals surface area contributed by atoms with Crippen LogP contribution in [0.2, 0.25) is 0 Å². The van der Waals surface area contributed by atoms with Crippen LogP contribution in [0.1, 0.15) is 47.3 Å². The zero-order chi connectivity index (χ0) is 21.2. The van der Waals surface area contributed by atoms with E-state index in [1.807, 2.05) is 32.0 Å². The summed E-state index contributed by atoms with van der Waals surface area (Å²) in [6.07, 6.45) is 0.564. The molecule has 0 radical (unpaired) electrons. The Labute approximate surface area is 170 Å². The zero-order valence-corrected chi connectivity index (χ0v) is 17.5. The molecule has 0 aromatic heterocycles. The molecule has 7 nitrogen and oxygen atoms in total. The van der Waals surface area contributed by atoms with Gasteiger partial charge in [-0.15, -0.1) is 0 Å². The molecule has 8 heteroatoms. The number of benzene rings is 2. The van der Waals surface area contributed by atoms with Gasteiger partial charge in [0.2, 0.25) is 5.91 Å². The number of nitrogens with zero attached hydrogens (tertiary/aromatic N) is 1. The van der Waals surface area contributed by atoms with Gasteiger partial charge in [-0.2, -0.15) is 0 Å². The summed E-state index contributed by atoms with van der Waals surface area (Å²) in [5.74, 6) is -0.136. The van der Waals surface area contributed by atoms with E-state index < -0.39 is 15.9 Å². The number of methoxy groups -OCH3 is 1. The van der Waals surface area contributed by atoms with Gasteiger partial charge in [0.25, 0.3) is 15.9 Å². The molecule has 1 heterocycles. The zero-order valence-electron chi connectivity index (χ0n) is 16.6. The van der Waals surface area contributed by atoms with Crippen molar-refractivity contribution in [2.45, 2.75) is 37.6 Å². The summed E-state index contributed by atoms with van der Waals surface area (Å²) >= 11 is 0. The Morgan fingerprint density at radius 2 is 1.93 bits per heavy atom. The molecule has 1 N–H and O–H groups in total. The average molecular weight is 416 g/mol. The SMILES string of the molecule is CCC(NC(=O)CCN1C(=O)c2ccccc2S1(=O)=O)c1ccc(OC)c(C)c1. The first-order chi connectivity index (χ1) is 13.8. The van der Waals surface area contributed by atoms with E-state index in [9.17, 15) is 18.0 Å². The summed E-state index contributed by atoms with van der Waals surface area (Å²) < 4.78 is 31.2. The van der Waals surface area contributed by atoms with Crippen molar-refractivity contribution in [3.8, 4) is 5.75 Å². The molecule has 0 fully saturated rings. The Morgan fingerprint density at radius 3 is 2.55 bits per heavy atom. The van der Waals surface area contributed by atoms with Crippen LogP contribution in [0.4, 0.5) is 0 Å². The summed E-state index contributed by atoms with van der Waals surface area (Å²) in [6, 6.07) is 11.6. The lowest BCUT2D eigenvalue weighted by Gasteiger charge is -2.20. The van der Waals surface area contributed by atoms with Gasteiger partial charge in [0, 0.05) is 13.0 Å².